The van der Waals surface area contributed by atoms with E-state index in [0.717, 1.165) is 24.5 Å². The number of hydrogen-bond donors (Lipinski definition) is 1. The Bertz CT molecular complexity index is 1040. The first-order valence-electron chi connectivity index (χ1n) is 10.6. The van der Waals surface area contributed by atoms with Gasteiger partial charge in [0.1, 0.15) is 4.90 Å². The van der Waals surface area contributed by atoms with E-state index in [4.69, 9.17) is 23.2 Å². The molecule has 3 rings (SSSR count). The standard InChI is InChI=1S/C22H28Cl2N4O3S/c1-3-27(4-2)19-8-6-18(7-9-19)25-22(29)16-26-11-13-28(14-12-26)32(30,31)21-15-17(23)5-10-20(21)24/h5-10,15H,3-4,11-14,16H2,1-2H3,(H,25,29). The van der Waals surface area contributed by atoms with Crippen molar-refractivity contribution < 1.29 is 13.2 Å². The second-order valence-electron chi connectivity index (χ2n) is 7.52. The van der Waals surface area contributed by atoms with E-state index in [-0.39, 0.29) is 35.5 Å². The molecule has 0 aliphatic carbocycles. The number of nitrogens with zero attached hydrogens (tertiary/aromatic N) is 3. The van der Waals surface area contributed by atoms with Crippen LogP contribution in [-0.2, 0) is 14.8 Å². The SMILES string of the molecule is CCN(CC)c1ccc(NC(=O)CN2CCN(S(=O)(=O)c3cc(Cl)ccc3Cl)CC2)cc1. The third-order valence-electron chi connectivity index (χ3n) is 5.49. The average molecular weight is 499 g/mol. The molecule has 1 saturated heterocycles. The summed E-state index contributed by atoms with van der Waals surface area (Å²) < 4.78 is 27.2. The summed E-state index contributed by atoms with van der Waals surface area (Å²) in [5.74, 6) is -0.130. The van der Waals surface area contributed by atoms with Crippen molar-refractivity contribution in [2.45, 2.75) is 18.7 Å². The topological polar surface area (TPSA) is 73.0 Å². The van der Waals surface area contributed by atoms with Gasteiger partial charge in [0.25, 0.3) is 0 Å². The lowest BCUT2D eigenvalue weighted by atomic mass is 10.2. The number of benzene rings is 2. The fourth-order valence-corrected chi connectivity index (χ4v) is 5.85. The Balaban J connectivity index is 1.53. The van der Waals surface area contributed by atoms with Gasteiger partial charge in [-0.2, -0.15) is 4.31 Å². The molecule has 2 aromatic carbocycles. The highest BCUT2D eigenvalue weighted by Crippen LogP contribution is 2.28. The summed E-state index contributed by atoms with van der Waals surface area (Å²) >= 11 is 12.0. The van der Waals surface area contributed by atoms with Crippen molar-refractivity contribution in [1.29, 1.82) is 0 Å². The molecule has 0 spiro atoms. The molecule has 10 heteroatoms. The largest absolute Gasteiger partial charge is 0.372 e. The number of carbonyl (C=O) groups excluding carboxylic acids is 1. The van der Waals surface area contributed by atoms with Crippen LogP contribution < -0.4 is 10.2 Å². The molecule has 1 aliphatic rings. The first kappa shape index (κ1) is 24.8. The van der Waals surface area contributed by atoms with Crippen molar-refractivity contribution in [1.82, 2.24) is 9.21 Å². The van der Waals surface area contributed by atoms with Crippen LogP contribution in [0.4, 0.5) is 11.4 Å². The number of carbonyl (C=O) groups is 1. The maximum atomic E-state index is 12.9. The van der Waals surface area contributed by atoms with Gasteiger partial charge in [-0.1, -0.05) is 23.2 Å². The van der Waals surface area contributed by atoms with E-state index in [1.54, 1.807) is 6.07 Å². The van der Waals surface area contributed by atoms with Gasteiger partial charge < -0.3 is 10.2 Å². The van der Waals surface area contributed by atoms with Crippen LogP contribution in [0.5, 0.6) is 0 Å². The van der Waals surface area contributed by atoms with E-state index in [0.29, 0.717) is 18.1 Å². The van der Waals surface area contributed by atoms with Crippen LogP contribution in [0.15, 0.2) is 47.4 Å². The van der Waals surface area contributed by atoms with Crippen molar-refractivity contribution in [3.8, 4) is 0 Å². The highest BCUT2D eigenvalue weighted by molar-refractivity contribution is 7.89. The van der Waals surface area contributed by atoms with E-state index in [1.165, 1.54) is 16.4 Å². The van der Waals surface area contributed by atoms with Gasteiger partial charge in [-0.3, -0.25) is 9.69 Å². The molecule has 0 saturated carbocycles. The minimum absolute atomic E-state index is 0.00557. The van der Waals surface area contributed by atoms with E-state index >= 15 is 0 Å². The molecule has 0 aromatic heterocycles. The van der Waals surface area contributed by atoms with Gasteiger partial charge in [0.05, 0.1) is 11.6 Å². The van der Waals surface area contributed by atoms with Crippen molar-refractivity contribution in [3.05, 3.63) is 52.5 Å². The minimum atomic E-state index is -3.75. The van der Waals surface area contributed by atoms with Crippen LogP contribution >= 0.6 is 23.2 Å². The number of nitrogens with one attached hydrogen (secondary N) is 1. The minimum Gasteiger partial charge on any atom is -0.372 e. The number of hydrogen-bond acceptors (Lipinski definition) is 5. The van der Waals surface area contributed by atoms with Gasteiger partial charge in [0.15, 0.2) is 0 Å². The number of rotatable bonds is 8. The molecular weight excluding hydrogens is 471 g/mol. The Morgan fingerprint density at radius 3 is 2.22 bits per heavy atom. The highest BCUT2D eigenvalue weighted by atomic mass is 35.5. The summed E-state index contributed by atoms with van der Waals surface area (Å²) in [7, 11) is -3.75. The second kappa shape index (κ2) is 10.9. The first-order valence-corrected chi connectivity index (χ1v) is 12.8. The second-order valence-corrected chi connectivity index (χ2v) is 10.3. The van der Waals surface area contributed by atoms with Gasteiger partial charge in [-0.15, -0.1) is 0 Å². The quantitative estimate of drug-likeness (QED) is 0.599. The van der Waals surface area contributed by atoms with Crippen LogP contribution in [0.3, 0.4) is 0 Å². The Labute approximate surface area is 199 Å². The van der Waals surface area contributed by atoms with Crippen LogP contribution in [0.2, 0.25) is 10.0 Å². The highest BCUT2D eigenvalue weighted by Gasteiger charge is 2.30. The Kier molecular flexibility index (Phi) is 8.41. The maximum absolute atomic E-state index is 12.9. The smallest absolute Gasteiger partial charge is 0.244 e. The molecule has 0 radical (unpaired) electrons. The molecule has 0 bridgehead atoms. The Hall–Kier alpha value is -1.84. The molecular formula is C22H28Cl2N4O3S. The molecule has 1 N–H and O–H groups in total. The normalized spacial score (nSPS) is 15.5. The molecule has 0 unspecified atom stereocenters. The summed E-state index contributed by atoms with van der Waals surface area (Å²) in [5, 5.41) is 3.36. The number of anilines is 2. The zero-order valence-corrected chi connectivity index (χ0v) is 20.6. The summed E-state index contributed by atoms with van der Waals surface area (Å²) in [5.41, 5.74) is 1.85. The molecule has 1 amide bonds. The number of piperazine rings is 1. The van der Waals surface area contributed by atoms with Crippen molar-refractivity contribution in [2.75, 3.05) is 56.0 Å². The van der Waals surface area contributed by atoms with Gasteiger partial charge >= 0.3 is 0 Å². The first-order chi connectivity index (χ1) is 15.2. The summed E-state index contributed by atoms with van der Waals surface area (Å²) in [4.78, 5) is 16.6. The predicted octanol–water partition coefficient (Wildman–Crippen LogP) is 3.78. The molecule has 7 nitrogen and oxygen atoms in total. The van der Waals surface area contributed by atoms with E-state index < -0.39 is 10.0 Å². The van der Waals surface area contributed by atoms with Crippen molar-refractivity contribution in [2.24, 2.45) is 0 Å². The van der Waals surface area contributed by atoms with Crippen LogP contribution in [-0.4, -0.2) is 69.3 Å². The summed E-state index contributed by atoms with van der Waals surface area (Å²) in [6.45, 7) is 7.71. The van der Waals surface area contributed by atoms with Crippen LogP contribution in [0, 0.1) is 0 Å². The molecule has 1 heterocycles. The monoisotopic (exact) mass is 498 g/mol. The Morgan fingerprint density at radius 2 is 1.62 bits per heavy atom. The maximum Gasteiger partial charge on any atom is 0.244 e. The lowest BCUT2D eigenvalue weighted by Gasteiger charge is -2.33. The van der Waals surface area contributed by atoms with Crippen LogP contribution in [0.25, 0.3) is 0 Å². The van der Waals surface area contributed by atoms with Crippen molar-refractivity contribution >= 4 is 50.5 Å². The number of amides is 1. The third kappa shape index (κ3) is 5.94. The zero-order chi connectivity index (χ0) is 23.3. The summed E-state index contributed by atoms with van der Waals surface area (Å²) in [6.07, 6.45) is 0. The molecule has 2 aromatic rings. The summed E-state index contributed by atoms with van der Waals surface area (Å²) in [6, 6.07) is 12.2. The predicted molar refractivity (Wildman–Crippen MR) is 130 cm³/mol. The molecule has 0 atom stereocenters. The zero-order valence-electron chi connectivity index (χ0n) is 18.2. The molecule has 1 fully saturated rings. The fourth-order valence-electron chi connectivity index (χ4n) is 3.69. The Morgan fingerprint density at radius 1 is 1.00 bits per heavy atom. The average Bonchev–Trinajstić information content (AvgIpc) is 2.77. The van der Waals surface area contributed by atoms with Gasteiger partial charge in [-0.25, -0.2) is 8.42 Å². The van der Waals surface area contributed by atoms with E-state index in [9.17, 15) is 13.2 Å². The lowest BCUT2D eigenvalue weighted by molar-refractivity contribution is -0.117. The van der Waals surface area contributed by atoms with Crippen molar-refractivity contribution in [3.63, 3.8) is 0 Å². The fraction of sp³-hybridized carbons (Fsp3) is 0.409. The van der Waals surface area contributed by atoms with Crippen LogP contribution in [0.1, 0.15) is 13.8 Å². The van der Waals surface area contributed by atoms with E-state index in [2.05, 4.69) is 24.1 Å². The van der Waals surface area contributed by atoms with Gasteiger partial charge in [-0.05, 0) is 56.3 Å². The molecule has 174 valence electrons. The van der Waals surface area contributed by atoms with E-state index in [1.807, 2.05) is 29.2 Å². The third-order valence-corrected chi connectivity index (χ3v) is 8.10. The lowest BCUT2D eigenvalue weighted by Crippen LogP contribution is -2.50. The van der Waals surface area contributed by atoms with Gasteiger partial charge in [0, 0.05) is 55.7 Å². The molecule has 32 heavy (non-hydrogen) atoms. The number of halogens is 2. The van der Waals surface area contributed by atoms with Gasteiger partial charge in [0.2, 0.25) is 15.9 Å². The number of sulfonamides is 1. The molecule has 1 aliphatic heterocycles.